The summed E-state index contributed by atoms with van der Waals surface area (Å²) >= 11 is 0. The van der Waals surface area contributed by atoms with Gasteiger partial charge in [0.05, 0.1) is 12.2 Å². The minimum Gasteiger partial charge on any atom is -0.481 e. The van der Waals surface area contributed by atoms with Crippen LogP contribution in [0.3, 0.4) is 0 Å². The van der Waals surface area contributed by atoms with Gasteiger partial charge in [-0.15, -0.1) is 0 Å². The molecule has 1 rings (SSSR count). The molecule has 0 saturated carbocycles. The highest BCUT2D eigenvalue weighted by atomic mass is 16.5. The molecule has 1 aliphatic rings. The van der Waals surface area contributed by atoms with Crippen LogP contribution in [0.25, 0.3) is 0 Å². The van der Waals surface area contributed by atoms with Crippen LogP contribution in [0, 0.1) is 17.8 Å². The van der Waals surface area contributed by atoms with Gasteiger partial charge in [-0.25, -0.2) is 0 Å². The highest BCUT2D eigenvalue weighted by Gasteiger charge is 2.37. The van der Waals surface area contributed by atoms with Crippen molar-refractivity contribution in [3.05, 3.63) is 0 Å². The van der Waals surface area contributed by atoms with Gasteiger partial charge >= 0.3 is 5.97 Å². The minimum atomic E-state index is -0.684. The molecule has 0 spiro atoms. The van der Waals surface area contributed by atoms with E-state index < -0.39 is 5.97 Å². The molecule has 112 valence electrons. The van der Waals surface area contributed by atoms with Gasteiger partial charge in [-0.05, 0) is 37.0 Å². The Balaban J connectivity index is 2.33. The van der Waals surface area contributed by atoms with Gasteiger partial charge in [0.15, 0.2) is 0 Å². The normalized spacial score (nSPS) is 35.3. The molecule has 5 atom stereocenters. The second kappa shape index (κ2) is 7.88. The quantitative estimate of drug-likeness (QED) is 0.708. The van der Waals surface area contributed by atoms with Crippen molar-refractivity contribution in [1.29, 1.82) is 0 Å². The number of carbonyl (C=O) groups is 1. The lowest BCUT2D eigenvalue weighted by atomic mass is 9.75. The Morgan fingerprint density at radius 2 is 1.63 bits per heavy atom. The molecule has 1 N–H and O–H groups in total. The fourth-order valence-corrected chi connectivity index (χ4v) is 3.23. The van der Waals surface area contributed by atoms with E-state index in [1.807, 2.05) is 0 Å². The maximum absolute atomic E-state index is 10.5. The molecule has 0 aromatic rings. The fraction of sp³-hybridized carbons (Fsp3) is 0.938. The summed E-state index contributed by atoms with van der Waals surface area (Å²) in [5.74, 6) is 1.28. The summed E-state index contributed by atoms with van der Waals surface area (Å²) in [6.45, 7) is 9.15. The lowest BCUT2D eigenvalue weighted by molar-refractivity contribution is -0.137. The van der Waals surface area contributed by atoms with Crippen LogP contribution in [-0.2, 0) is 9.53 Å². The molecule has 0 aromatic heterocycles. The Bertz CT molecular complexity index is 275. The average Bonchev–Trinajstić information content (AvgIpc) is 2.37. The molecule has 0 aromatic carbocycles. The molecule has 0 unspecified atom stereocenters. The molecule has 0 aliphatic carbocycles. The van der Waals surface area contributed by atoms with E-state index in [0.717, 1.165) is 32.1 Å². The summed E-state index contributed by atoms with van der Waals surface area (Å²) in [7, 11) is 0. The third kappa shape index (κ3) is 4.79. The van der Waals surface area contributed by atoms with Crippen LogP contribution in [-0.4, -0.2) is 23.3 Å². The summed E-state index contributed by atoms with van der Waals surface area (Å²) in [4.78, 5) is 10.5. The Labute approximate surface area is 117 Å². The SMILES string of the molecule is CC[C@H]1O[C@H](CCCCCC(=O)O)[C@H](C)[C@@H](C)[C@H]1C. The van der Waals surface area contributed by atoms with Gasteiger partial charge in [-0.2, -0.15) is 0 Å². The van der Waals surface area contributed by atoms with Gasteiger partial charge in [0.25, 0.3) is 0 Å². The average molecular weight is 270 g/mol. The zero-order valence-corrected chi connectivity index (χ0v) is 12.9. The minimum absolute atomic E-state index is 0.298. The number of carboxylic acid groups (broad SMARTS) is 1. The predicted octanol–water partition coefficient (Wildman–Crippen LogP) is 4.11. The lowest BCUT2D eigenvalue weighted by Crippen LogP contribution is -2.44. The van der Waals surface area contributed by atoms with Crippen LogP contribution in [0.5, 0.6) is 0 Å². The smallest absolute Gasteiger partial charge is 0.303 e. The molecule has 3 nitrogen and oxygen atoms in total. The molecule has 3 heteroatoms. The highest BCUT2D eigenvalue weighted by Crippen LogP contribution is 2.37. The Morgan fingerprint density at radius 1 is 1.00 bits per heavy atom. The molecule has 19 heavy (non-hydrogen) atoms. The topological polar surface area (TPSA) is 46.5 Å². The summed E-state index contributed by atoms with van der Waals surface area (Å²) in [5.41, 5.74) is 0. The van der Waals surface area contributed by atoms with Crippen LogP contribution >= 0.6 is 0 Å². The molecular formula is C16H30O3. The van der Waals surface area contributed by atoms with E-state index in [2.05, 4.69) is 27.7 Å². The van der Waals surface area contributed by atoms with Crippen molar-refractivity contribution in [3.63, 3.8) is 0 Å². The summed E-state index contributed by atoms with van der Waals surface area (Å²) in [5, 5.41) is 8.61. The summed E-state index contributed by atoms with van der Waals surface area (Å²) in [6.07, 6.45) is 6.10. The molecule has 1 saturated heterocycles. The van der Waals surface area contributed by atoms with Crippen molar-refractivity contribution >= 4 is 5.97 Å². The Hall–Kier alpha value is -0.570. The monoisotopic (exact) mass is 270 g/mol. The van der Waals surface area contributed by atoms with Gasteiger partial charge in [-0.1, -0.05) is 40.5 Å². The van der Waals surface area contributed by atoms with Gasteiger partial charge in [0, 0.05) is 6.42 Å². The van der Waals surface area contributed by atoms with E-state index in [1.165, 1.54) is 0 Å². The second-order valence-electron chi connectivity index (χ2n) is 6.19. The van der Waals surface area contributed by atoms with Gasteiger partial charge in [0.1, 0.15) is 0 Å². The number of hydrogen-bond acceptors (Lipinski definition) is 2. The van der Waals surface area contributed by atoms with Gasteiger partial charge in [-0.3, -0.25) is 4.79 Å². The van der Waals surface area contributed by atoms with Crippen LogP contribution in [0.2, 0.25) is 0 Å². The van der Waals surface area contributed by atoms with Crippen molar-refractivity contribution in [2.45, 2.75) is 78.4 Å². The van der Waals surface area contributed by atoms with Crippen molar-refractivity contribution in [1.82, 2.24) is 0 Å². The number of ether oxygens (including phenoxy) is 1. The lowest BCUT2D eigenvalue weighted by Gasteiger charge is -2.44. The zero-order valence-electron chi connectivity index (χ0n) is 12.9. The summed E-state index contributed by atoms with van der Waals surface area (Å²) < 4.78 is 6.24. The second-order valence-corrected chi connectivity index (χ2v) is 6.19. The van der Waals surface area contributed by atoms with Crippen LogP contribution < -0.4 is 0 Å². The third-order valence-corrected chi connectivity index (χ3v) is 4.96. The molecule has 1 fully saturated rings. The standard InChI is InChI=1S/C16H30O3/c1-5-14-12(3)11(2)13(4)15(19-14)9-7-6-8-10-16(17)18/h11-15H,5-10H2,1-4H3,(H,17,18)/t11-,12+,13+,14+,15+/m0/s1. The summed E-state index contributed by atoms with van der Waals surface area (Å²) in [6, 6.07) is 0. The largest absolute Gasteiger partial charge is 0.481 e. The number of aliphatic carboxylic acids is 1. The Kier molecular flexibility index (Phi) is 6.84. The van der Waals surface area contributed by atoms with Crippen LogP contribution in [0.1, 0.15) is 66.2 Å². The highest BCUT2D eigenvalue weighted by molar-refractivity contribution is 5.66. The maximum atomic E-state index is 10.5. The molecule has 0 bridgehead atoms. The first-order valence-corrected chi connectivity index (χ1v) is 7.84. The van der Waals surface area contributed by atoms with Crippen molar-refractivity contribution in [2.75, 3.05) is 0 Å². The Morgan fingerprint density at radius 3 is 2.21 bits per heavy atom. The molecule has 1 heterocycles. The van der Waals surface area contributed by atoms with Gasteiger partial charge < -0.3 is 9.84 Å². The van der Waals surface area contributed by atoms with E-state index in [-0.39, 0.29) is 0 Å². The number of hydrogen-bond donors (Lipinski definition) is 1. The number of rotatable bonds is 7. The van der Waals surface area contributed by atoms with Crippen LogP contribution in [0.4, 0.5) is 0 Å². The first-order chi connectivity index (χ1) is 8.97. The number of carboxylic acids is 1. The van der Waals surface area contributed by atoms with Crippen molar-refractivity contribution in [2.24, 2.45) is 17.8 Å². The van der Waals surface area contributed by atoms with Crippen molar-refractivity contribution < 1.29 is 14.6 Å². The van der Waals surface area contributed by atoms with Crippen molar-refractivity contribution in [3.8, 4) is 0 Å². The third-order valence-electron chi connectivity index (χ3n) is 4.96. The van der Waals surface area contributed by atoms with E-state index in [0.29, 0.717) is 36.4 Å². The number of unbranched alkanes of at least 4 members (excludes halogenated alkanes) is 2. The van der Waals surface area contributed by atoms with E-state index >= 15 is 0 Å². The molecule has 1 aliphatic heterocycles. The van der Waals surface area contributed by atoms with E-state index in [4.69, 9.17) is 9.84 Å². The van der Waals surface area contributed by atoms with E-state index in [1.54, 1.807) is 0 Å². The van der Waals surface area contributed by atoms with Crippen LogP contribution in [0.15, 0.2) is 0 Å². The van der Waals surface area contributed by atoms with Gasteiger partial charge in [0.2, 0.25) is 0 Å². The predicted molar refractivity (Wildman–Crippen MR) is 77.2 cm³/mol. The first-order valence-electron chi connectivity index (χ1n) is 7.84. The molecular weight excluding hydrogens is 240 g/mol. The maximum Gasteiger partial charge on any atom is 0.303 e. The van der Waals surface area contributed by atoms with E-state index in [9.17, 15) is 4.79 Å². The zero-order chi connectivity index (χ0) is 14.4. The molecule has 0 radical (unpaired) electrons. The molecule has 0 amide bonds. The first kappa shape index (κ1) is 16.5. The fourth-order valence-electron chi connectivity index (χ4n) is 3.23.